The van der Waals surface area contributed by atoms with Gasteiger partial charge in [-0.3, -0.25) is 9.69 Å². The highest BCUT2D eigenvalue weighted by molar-refractivity contribution is 5.86. The predicted octanol–water partition coefficient (Wildman–Crippen LogP) is 2.62. The Labute approximate surface area is 113 Å². The van der Waals surface area contributed by atoms with Gasteiger partial charge in [-0.05, 0) is 24.8 Å². The summed E-state index contributed by atoms with van der Waals surface area (Å²) in [6.45, 7) is 4.37. The Kier molecular flexibility index (Phi) is 4.20. The normalized spacial score (nSPS) is 22.3. The smallest absolute Gasteiger partial charge is 0.410 e. The zero-order valence-corrected chi connectivity index (χ0v) is 11.3. The van der Waals surface area contributed by atoms with E-state index in [1.165, 1.54) is 6.92 Å². The lowest BCUT2D eigenvalue weighted by Crippen LogP contribution is -2.42. The molecule has 2 rings (SSSR count). The van der Waals surface area contributed by atoms with Gasteiger partial charge in [-0.15, -0.1) is 0 Å². The van der Waals surface area contributed by atoms with Gasteiger partial charge in [0.15, 0.2) is 5.78 Å². The Bertz CT molecular complexity index is 458. The standard InChI is InChI=1S/C15H19NO3/c1-11-8-9-16(14(11)12(2)17)15(18)19-10-13-6-4-3-5-7-13/h3-7,11,14H,8-10H2,1-2H3. The highest BCUT2D eigenvalue weighted by Gasteiger charge is 2.38. The van der Waals surface area contributed by atoms with Gasteiger partial charge >= 0.3 is 6.09 Å². The summed E-state index contributed by atoms with van der Waals surface area (Å²) in [5, 5.41) is 0. The first-order valence-electron chi connectivity index (χ1n) is 6.57. The molecule has 0 bridgehead atoms. The van der Waals surface area contributed by atoms with Crippen molar-refractivity contribution in [2.75, 3.05) is 6.54 Å². The predicted molar refractivity (Wildman–Crippen MR) is 71.6 cm³/mol. The van der Waals surface area contributed by atoms with E-state index in [-0.39, 0.29) is 24.3 Å². The minimum atomic E-state index is -0.395. The Hall–Kier alpha value is -1.84. The fraction of sp³-hybridized carbons (Fsp3) is 0.467. The number of hydrogen-bond acceptors (Lipinski definition) is 3. The van der Waals surface area contributed by atoms with Crippen molar-refractivity contribution in [3.63, 3.8) is 0 Å². The molecule has 0 N–H and O–H groups in total. The van der Waals surface area contributed by atoms with Gasteiger partial charge in [0.25, 0.3) is 0 Å². The van der Waals surface area contributed by atoms with Crippen molar-refractivity contribution in [2.45, 2.75) is 32.9 Å². The summed E-state index contributed by atoms with van der Waals surface area (Å²) in [4.78, 5) is 25.2. The second-order valence-corrected chi connectivity index (χ2v) is 5.06. The molecule has 1 aliphatic heterocycles. The van der Waals surface area contributed by atoms with Crippen LogP contribution in [0.2, 0.25) is 0 Å². The van der Waals surface area contributed by atoms with Gasteiger partial charge in [0.05, 0.1) is 6.04 Å². The molecule has 2 atom stereocenters. The molecule has 1 heterocycles. The Morgan fingerprint density at radius 2 is 2.00 bits per heavy atom. The average molecular weight is 261 g/mol. The summed E-state index contributed by atoms with van der Waals surface area (Å²) < 4.78 is 5.28. The van der Waals surface area contributed by atoms with E-state index in [9.17, 15) is 9.59 Å². The van der Waals surface area contributed by atoms with E-state index in [0.717, 1.165) is 12.0 Å². The van der Waals surface area contributed by atoms with Crippen molar-refractivity contribution in [3.05, 3.63) is 35.9 Å². The van der Waals surface area contributed by atoms with E-state index in [2.05, 4.69) is 0 Å². The van der Waals surface area contributed by atoms with Crippen LogP contribution in [0.5, 0.6) is 0 Å². The molecule has 1 saturated heterocycles. The Balaban J connectivity index is 1.95. The summed E-state index contributed by atoms with van der Waals surface area (Å²) >= 11 is 0. The van der Waals surface area contributed by atoms with Gasteiger partial charge in [-0.25, -0.2) is 4.79 Å². The maximum Gasteiger partial charge on any atom is 0.410 e. The molecule has 0 aliphatic carbocycles. The zero-order valence-electron chi connectivity index (χ0n) is 11.3. The van der Waals surface area contributed by atoms with E-state index in [4.69, 9.17) is 4.74 Å². The Morgan fingerprint density at radius 1 is 1.32 bits per heavy atom. The summed E-state index contributed by atoms with van der Waals surface area (Å²) in [7, 11) is 0. The summed E-state index contributed by atoms with van der Waals surface area (Å²) in [5.41, 5.74) is 0.947. The third kappa shape index (κ3) is 3.13. The van der Waals surface area contributed by atoms with Crippen LogP contribution in [0.1, 0.15) is 25.8 Å². The highest BCUT2D eigenvalue weighted by atomic mass is 16.6. The first-order valence-corrected chi connectivity index (χ1v) is 6.57. The number of Topliss-reactive ketones (excluding diaryl/α,β-unsaturated/α-hetero) is 1. The van der Waals surface area contributed by atoms with E-state index >= 15 is 0 Å². The lowest BCUT2D eigenvalue weighted by Gasteiger charge is -2.24. The average Bonchev–Trinajstić information content (AvgIpc) is 2.79. The van der Waals surface area contributed by atoms with Crippen molar-refractivity contribution < 1.29 is 14.3 Å². The lowest BCUT2D eigenvalue weighted by atomic mass is 10.0. The molecule has 1 fully saturated rings. The fourth-order valence-corrected chi connectivity index (χ4v) is 2.57. The van der Waals surface area contributed by atoms with Crippen LogP contribution in [0, 0.1) is 5.92 Å². The van der Waals surface area contributed by atoms with Crippen LogP contribution >= 0.6 is 0 Å². The van der Waals surface area contributed by atoms with Crippen molar-refractivity contribution in [1.82, 2.24) is 4.90 Å². The maximum atomic E-state index is 12.0. The quantitative estimate of drug-likeness (QED) is 0.840. The van der Waals surface area contributed by atoms with Crippen molar-refractivity contribution in [1.29, 1.82) is 0 Å². The minimum Gasteiger partial charge on any atom is -0.445 e. The van der Waals surface area contributed by atoms with Crippen LogP contribution in [-0.4, -0.2) is 29.4 Å². The first kappa shape index (κ1) is 13.6. The summed E-state index contributed by atoms with van der Waals surface area (Å²) in [5.74, 6) is 0.239. The van der Waals surface area contributed by atoms with Gasteiger partial charge in [-0.1, -0.05) is 37.3 Å². The largest absolute Gasteiger partial charge is 0.445 e. The molecule has 2 unspecified atom stereocenters. The van der Waals surface area contributed by atoms with Gasteiger partial charge < -0.3 is 4.74 Å². The number of hydrogen-bond donors (Lipinski definition) is 0. The van der Waals surface area contributed by atoms with Crippen LogP contribution in [0.15, 0.2) is 30.3 Å². The number of ether oxygens (including phenoxy) is 1. The van der Waals surface area contributed by atoms with E-state index < -0.39 is 6.09 Å². The monoisotopic (exact) mass is 261 g/mol. The van der Waals surface area contributed by atoms with Crippen molar-refractivity contribution in [2.24, 2.45) is 5.92 Å². The number of rotatable bonds is 3. The number of ketones is 1. The first-order chi connectivity index (χ1) is 9.09. The van der Waals surface area contributed by atoms with Gasteiger partial charge in [-0.2, -0.15) is 0 Å². The molecule has 0 spiro atoms. The Morgan fingerprint density at radius 3 is 2.63 bits per heavy atom. The van der Waals surface area contributed by atoms with Crippen LogP contribution < -0.4 is 0 Å². The van der Waals surface area contributed by atoms with Gasteiger partial charge in [0.1, 0.15) is 6.61 Å². The molecule has 19 heavy (non-hydrogen) atoms. The molecule has 1 aromatic rings. The molecule has 0 radical (unpaired) electrons. The molecule has 4 nitrogen and oxygen atoms in total. The van der Waals surface area contributed by atoms with Crippen LogP contribution in [0.3, 0.4) is 0 Å². The topological polar surface area (TPSA) is 46.6 Å². The fourth-order valence-electron chi connectivity index (χ4n) is 2.57. The second kappa shape index (κ2) is 5.87. The molecule has 0 aromatic heterocycles. The van der Waals surface area contributed by atoms with Gasteiger partial charge in [0, 0.05) is 6.54 Å². The second-order valence-electron chi connectivity index (χ2n) is 5.06. The lowest BCUT2D eigenvalue weighted by molar-refractivity contribution is -0.121. The third-order valence-corrected chi connectivity index (χ3v) is 3.56. The number of likely N-dealkylation sites (tertiary alicyclic amines) is 1. The number of benzene rings is 1. The number of carbonyl (C=O) groups is 2. The molecular formula is C15H19NO3. The van der Waals surface area contributed by atoms with E-state index in [1.807, 2.05) is 37.3 Å². The maximum absolute atomic E-state index is 12.0. The zero-order chi connectivity index (χ0) is 13.8. The molecule has 4 heteroatoms. The SMILES string of the molecule is CC(=O)C1C(C)CCN1C(=O)OCc1ccccc1. The molecule has 1 aliphatic rings. The number of nitrogens with zero attached hydrogens (tertiary/aromatic N) is 1. The molecular weight excluding hydrogens is 242 g/mol. The number of amides is 1. The van der Waals surface area contributed by atoms with Crippen LogP contribution in [0.4, 0.5) is 4.79 Å². The summed E-state index contributed by atoms with van der Waals surface area (Å²) in [6.07, 6.45) is 0.457. The molecule has 0 saturated carbocycles. The third-order valence-electron chi connectivity index (χ3n) is 3.56. The molecule has 1 amide bonds. The van der Waals surface area contributed by atoms with E-state index in [0.29, 0.717) is 6.54 Å². The van der Waals surface area contributed by atoms with Crippen molar-refractivity contribution >= 4 is 11.9 Å². The number of carbonyl (C=O) groups excluding carboxylic acids is 2. The highest BCUT2D eigenvalue weighted by Crippen LogP contribution is 2.25. The minimum absolute atomic E-state index is 0.0293. The van der Waals surface area contributed by atoms with E-state index in [1.54, 1.807) is 4.90 Å². The van der Waals surface area contributed by atoms with Crippen LogP contribution in [-0.2, 0) is 16.1 Å². The van der Waals surface area contributed by atoms with Crippen molar-refractivity contribution in [3.8, 4) is 0 Å². The summed E-state index contributed by atoms with van der Waals surface area (Å²) in [6, 6.07) is 9.20. The van der Waals surface area contributed by atoms with Gasteiger partial charge in [0.2, 0.25) is 0 Å². The molecule has 1 aromatic carbocycles. The van der Waals surface area contributed by atoms with Crippen LogP contribution in [0.25, 0.3) is 0 Å². The molecule has 102 valence electrons.